The Hall–Kier alpha value is -1.75. The second kappa shape index (κ2) is 4.49. The van der Waals surface area contributed by atoms with E-state index in [1.165, 1.54) is 0 Å². The van der Waals surface area contributed by atoms with Gasteiger partial charge in [-0.05, 0) is 24.6 Å². The number of nitrogen functional groups attached to an aromatic ring is 1. The van der Waals surface area contributed by atoms with Crippen molar-refractivity contribution in [1.29, 1.82) is 0 Å². The number of carbonyl (C=O) groups excluding carboxylic acids is 1. The molecule has 5 heteroatoms. The number of hydrogen-bond donors (Lipinski definition) is 2. The van der Waals surface area contributed by atoms with E-state index in [1.54, 1.807) is 4.90 Å². The predicted molar refractivity (Wildman–Crippen MR) is 70.7 cm³/mol. The van der Waals surface area contributed by atoms with E-state index in [1.807, 2.05) is 18.2 Å². The van der Waals surface area contributed by atoms with Crippen molar-refractivity contribution >= 4 is 23.0 Å². The van der Waals surface area contributed by atoms with Crippen LogP contribution in [0.15, 0.2) is 18.2 Å². The first-order valence-electron chi connectivity index (χ1n) is 6.28. The molecule has 0 aliphatic carbocycles. The fraction of sp³-hybridized carbons (Fsp3) is 0.462. The molecule has 3 N–H and O–H groups in total. The summed E-state index contributed by atoms with van der Waals surface area (Å²) in [6.07, 6.45) is 1.57. The largest absolute Gasteiger partial charge is 0.397 e. The molecule has 2 heterocycles. The minimum atomic E-state index is 0.183. The topological polar surface area (TPSA) is 67.6 Å². The summed E-state index contributed by atoms with van der Waals surface area (Å²) < 4.78 is 5.11. The monoisotopic (exact) mass is 247 g/mol. The van der Waals surface area contributed by atoms with Gasteiger partial charge < -0.3 is 20.7 Å². The standard InChI is InChI=1S/C13H17N3O2/c14-11-6-10(16-5-1-2-13(16)17)3-4-12(11)15-9-7-18-8-9/h3-4,6,9,15H,1-2,5,7-8,14H2. The lowest BCUT2D eigenvalue weighted by Crippen LogP contribution is -2.40. The summed E-state index contributed by atoms with van der Waals surface area (Å²) in [5.74, 6) is 0.183. The van der Waals surface area contributed by atoms with Gasteiger partial charge in [0.25, 0.3) is 0 Å². The van der Waals surface area contributed by atoms with Crippen LogP contribution in [-0.4, -0.2) is 31.7 Å². The van der Waals surface area contributed by atoms with Crippen molar-refractivity contribution in [2.75, 3.05) is 35.7 Å². The van der Waals surface area contributed by atoms with Crippen LogP contribution in [0.2, 0.25) is 0 Å². The minimum absolute atomic E-state index is 0.183. The van der Waals surface area contributed by atoms with Crippen LogP contribution < -0.4 is 16.0 Å². The zero-order valence-corrected chi connectivity index (χ0v) is 10.2. The maximum atomic E-state index is 11.7. The number of nitrogens with zero attached hydrogens (tertiary/aromatic N) is 1. The number of ether oxygens (including phenoxy) is 1. The molecule has 0 unspecified atom stereocenters. The molecule has 96 valence electrons. The van der Waals surface area contributed by atoms with Crippen molar-refractivity contribution in [1.82, 2.24) is 0 Å². The van der Waals surface area contributed by atoms with E-state index in [-0.39, 0.29) is 5.91 Å². The van der Waals surface area contributed by atoms with Gasteiger partial charge in [0.15, 0.2) is 0 Å². The van der Waals surface area contributed by atoms with Crippen LogP contribution in [0.3, 0.4) is 0 Å². The number of nitrogens with one attached hydrogen (secondary N) is 1. The predicted octanol–water partition coefficient (Wildman–Crippen LogP) is 1.21. The number of benzene rings is 1. The van der Waals surface area contributed by atoms with E-state index < -0.39 is 0 Å². The molecule has 3 rings (SSSR count). The summed E-state index contributed by atoms with van der Waals surface area (Å²) in [4.78, 5) is 13.5. The molecule has 1 amide bonds. The van der Waals surface area contributed by atoms with E-state index in [2.05, 4.69) is 5.32 Å². The number of hydrogen-bond acceptors (Lipinski definition) is 4. The zero-order valence-electron chi connectivity index (χ0n) is 10.2. The van der Waals surface area contributed by atoms with E-state index in [9.17, 15) is 4.79 Å². The van der Waals surface area contributed by atoms with Gasteiger partial charge in [-0.25, -0.2) is 0 Å². The lowest BCUT2D eigenvalue weighted by Gasteiger charge is -2.28. The van der Waals surface area contributed by atoms with Crippen LogP contribution in [0.1, 0.15) is 12.8 Å². The van der Waals surface area contributed by atoms with Gasteiger partial charge in [-0.15, -0.1) is 0 Å². The highest BCUT2D eigenvalue weighted by Gasteiger charge is 2.23. The average Bonchev–Trinajstić information content (AvgIpc) is 2.71. The Labute approximate surface area is 106 Å². The third-order valence-electron chi connectivity index (χ3n) is 3.42. The Morgan fingerprint density at radius 3 is 2.78 bits per heavy atom. The molecule has 0 saturated carbocycles. The fourth-order valence-electron chi connectivity index (χ4n) is 2.31. The summed E-state index contributed by atoms with van der Waals surface area (Å²) in [5.41, 5.74) is 8.51. The highest BCUT2D eigenvalue weighted by molar-refractivity contribution is 5.96. The number of amides is 1. The molecule has 1 aromatic carbocycles. The van der Waals surface area contributed by atoms with Crippen LogP contribution in [0.25, 0.3) is 0 Å². The molecule has 0 spiro atoms. The minimum Gasteiger partial charge on any atom is -0.397 e. The van der Waals surface area contributed by atoms with Crippen LogP contribution in [0.5, 0.6) is 0 Å². The van der Waals surface area contributed by atoms with Crippen molar-refractivity contribution in [3.8, 4) is 0 Å². The van der Waals surface area contributed by atoms with Crippen LogP contribution in [-0.2, 0) is 9.53 Å². The molecule has 5 nitrogen and oxygen atoms in total. The van der Waals surface area contributed by atoms with Crippen LogP contribution in [0.4, 0.5) is 17.1 Å². The second-order valence-corrected chi connectivity index (χ2v) is 4.80. The summed E-state index contributed by atoms with van der Waals surface area (Å²) in [6.45, 7) is 2.25. The van der Waals surface area contributed by atoms with Crippen molar-refractivity contribution in [2.24, 2.45) is 0 Å². The van der Waals surface area contributed by atoms with Gasteiger partial charge in [-0.3, -0.25) is 4.79 Å². The third kappa shape index (κ3) is 2.01. The van der Waals surface area contributed by atoms with Crippen molar-refractivity contribution < 1.29 is 9.53 Å². The van der Waals surface area contributed by atoms with E-state index in [4.69, 9.17) is 10.5 Å². The number of rotatable bonds is 3. The molecule has 0 bridgehead atoms. The van der Waals surface area contributed by atoms with E-state index in [0.717, 1.165) is 37.6 Å². The normalized spacial score (nSPS) is 20.0. The van der Waals surface area contributed by atoms with Crippen molar-refractivity contribution in [3.63, 3.8) is 0 Å². The Bertz CT molecular complexity index is 471. The van der Waals surface area contributed by atoms with Gasteiger partial charge >= 0.3 is 0 Å². The van der Waals surface area contributed by atoms with E-state index in [0.29, 0.717) is 18.2 Å². The number of nitrogens with two attached hydrogens (primary N) is 1. The maximum Gasteiger partial charge on any atom is 0.227 e. The number of anilines is 3. The highest BCUT2D eigenvalue weighted by atomic mass is 16.5. The van der Waals surface area contributed by atoms with Gasteiger partial charge in [-0.1, -0.05) is 0 Å². The zero-order chi connectivity index (χ0) is 12.5. The van der Waals surface area contributed by atoms with Gasteiger partial charge in [0, 0.05) is 18.7 Å². The molecule has 2 saturated heterocycles. The SMILES string of the molecule is Nc1cc(N2CCCC2=O)ccc1NC1COC1. The summed E-state index contributed by atoms with van der Waals surface area (Å²) in [6, 6.07) is 6.10. The third-order valence-corrected chi connectivity index (χ3v) is 3.42. The molecular formula is C13H17N3O2. The van der Waals surface area contributed by atoms with Crippen molar-refractivity contribution in [2.45, 2.75) is 18.9 Å². The lowest BCUT2D eigenvalue weighted by molar-refractivity contribution is -0.117. The quantitative estimate of drug-likeness (QED) is 0.788. The Morgan fingerprint density at radius 1 is 1.39 bits per heavy atom. The molecule has 0 aromatic heterocycles. The first-order chi connectivity index (χ1) is 8.74. The smallest absolute Gasteiger partial charge is 0.227 e. The Kier molecular flexibility index (Phi) is 2.83. The Morgan fingerprint density at radius 2 is 2.22 bits per heavy atom. The van der Waals surface area contributed by atoms with E-state index >= 15 is 0 Å². The fourth-order valence-corrected chi connectivity index (χ4v) is 2.31. The molecule has 1 aromatic rings. The van der Waals surface area contributed by atoms with Crippen LogP contribution >= 0.6 is 0 Å². The van der Waals surface area contributed by atoms with Crippen molar-refractivity contribution in [3.05, 3.63) is 18.2 Å². The second-order valence-electron chi connectivity index (χ2n) is 4.80. The van der Waals surface area contributed by atoms with Crippen LogP contribution in [0, 0.1) is 0 Å². The molecular weight excluding hydrogens is 230 g/mol. The Balaban J connectivity index is 1.77. The van der Waals surface area contributed by atoms with Gasteiger partial charge in [0.05, 0.1) is 30.6 Å². The molecule has 2 fully saturated rings. The molecule has 18 heavy (non-hydrogen) atoms. The van der Waals surface area contributed by atoms with Gasteiger partial charge in [-0.2, -0.15) is 0 Å². The molecule has 0 radical (unpaired) electrons. The average molecular weight is 247 g/mol. The molecule has 2 aliphatic heterocycles. The number of carbonyl (C=O) groups is 1. The lowest BCUT2D eigenvalue weighted by atomic mass is 10.2. The first-order valence-corrected chi connectivity index (χ1v) is 6.28. The first kappa shape index (κ1) is 11.3. The van der Waals surface area contributed by atoms with Gasteiger partial charge in [0.1, 0.15) is 0 Å². The maximum absolute atomic E-state index is 11.7. The summed E-state index contributed by atoms with van der Waals surface area (Å²) >= 11 is 0. The summed E-state index contributed by atoms with van der Waals surface area (Å²) in [7, 11) is 0. The highest BCUT2D eigenvalue weighted by Crippen LogP contribution is 2.29. The van der Waals surface area contributed by atoms with Gasteiger partial charge in [0.2, 0.25) is 5.91 Å². The molecule has 2 aliphatic rings. The molecule has 0 atom stereocenters. The summed E-state index contributed by atoms with van der Waals surface area (Å²) in [5, 5.41) is 3.32.